The van der Waals surface area contributed by atoms with Crippen LogP contribution in [0.4, 0.5) is 4.79 Å². The summed E-state index contributed by atoms with van der Waals surface area (Å²) in [6, 6.07) is 7.29. The Morgan fingerprint density at radius 3 is 2.06 bits per heavy atom. The maximum absolute atomic E-state index is 10.2. The first-order valence-electron chi connectivity index (χ1n) is 11.9. The predicted octanol–water partition coefficient (Wildman–Crippen LogP) is 6.67. The molecule has 1 N–H and O–H groups in total. The molecule has 2 aromatic rings. The number of carbonyl (C=O) groups is 1. The minimum atomic E-state index is -1.17. The van der Waals surface area contributed by atoms with Crippen molar-refractivity contribution in [3.05, 3.63) is 24.5 Å². The molecule has 6 nitrogen and oxygen atoms in total. The van der Waals surface area contributed by atoms with Gasteiger partial charge in [0.25, 0.3) is 0 Å². The molecule has 0 fully saturated rings. The van der Waals surface area contributed by atoms with Gasteiger partial charge in [-0.1, -0.05) is 44.9 Å². The molecule has 0 aliphatic carbocycles. The third-order valence-corrected chi connectivity index (χ3v) is 5.65. The largest absolute Gasteiger partial charge is 0.505 e. The molecule has 0 spiro atoms. The summed E-state index contributed by atoms with van der Waals surface area (Å²) < 4.78 is 15.2. The highest BCUT2D eigenvalue weighted by atomic mass is 16.7. The van der Waals surface area contributed by atoms with E-state index in [0.29, 0.717) is 18.7 Å². The highest BCUT2D eigenvalue weighted by Gasteiger charge is 2.20. The molecule has 0 bridgehead atoms. The van der Waals surface area contributed by atoms with E-state index in [0.717, 1.165) is 38.0 Å². The van der Waals surface area contributed by atoms with E-state index in [1.54, 1.807) is 0 Å². The van der Waals surface area contributed by atoms with Crippen LogP contribution in [0.15, 0.2) is 24.5 Å². The molecule has 0 aliphatic rings. The number of carboxylic acid groups (broad SMARTS) is 1. The number of hydrogen-bond donors (Lipinski definition) is 1. The normalized spacial score (nSPS) is 11.5. The summed E-state index contributed by atoms with van der Waals surface area (Å²) in [5.74, 6) is 0.954. The van der Waals surface area contributed by atoms with Crippen molar-refractivity contribution in [1.29, 1.82) is 0 Å². The van der Waals surface area contributed by atoms with Gasteiger partial charge in [0.15, 0.2) is 11.0 Å². The Kier molecular flexibility index (Phi) is 10.7. The molecular formula is C25H41N2O4+. The van der Waals surface area contributed by atoms with Crippen LogP contribution >= 0.6 is 0 Å². The third-order valence-electron chi connectivity index (χ3n) is 5.65. The van der Waals surface area contributed by atoms with Gasteiger partial charge in [-0.3, -0.25) is 0 Å². The van der Waals surface area contributed by atoms with E-state index in [4.69, 9.17) is 9.84 Å². The Balaban J connectivity index is 1.61. The van der Waals surface area contributed by atoms with Crippen LogP contribution < -0.4 is 9.30 Å². The second-order valence-electron chi connectivity index (χ2n) is 8.91. The maximum Gasteiger partial charge on any atom is 0.505 e. The van der Waals surface area contributed by atoms with Gasteiger partial charge in [0, 0.05) is 6.07 Å². The second-order valence-corrected chi connectivity index (χ2v) is 8.91. The number of fused-ring (bicyclic) bond motifs is 1. The van der Waals surface area contributed by atoms with E-state index in [1.165, 1.54) is 43.1 Å². The lowest BCUT2D eigenvalue weighted by molar-refractivity contribution is -0.692. The summed E-state index contributed by atoms with van der Waals surface area (Å²) in [5, 5.41) is 8.40. The van der Waals surface area contributed by atoms with Crippen molar-refractivity contribution in [2.24, 2.45) is 0 Å². The average Bonchev–Trinajstić information content (AvgIpc) is 3.10. The zero-order valence-corrected chi connectivity index (χ0v) is 19.8. The minimum Gasteiger partial charge on any atom is -0.493 e. The lowest BCUT2D eigenvalue weighted by atomic mass is 10.1. The van der Waals surface area contributed by atoms with Crippen LogP contribution in [0.5, 0.6) is 5.75 Å². The third kappa shape index (κ3) is 8.42. The van der Waals surface area contributed by atoms with Crippen molar-refractivity contribution in [3.63, 3.8) is 0 Å². The van der Waals surface area contributed by atoms with Gasteiger partial charge < -0.3 is 14.6 Å². The van der Waals surface area contributed by atoms with Gasteiger partial charge in [0.05, 0.1) is 25.3 Å². The SMILES string of the molecule is CC(C)n1c[n+](C(C)C)c2cc(OCCCCCCCCCCCOC(=O)O)ccc21. The van der Waals surface area contributed by atoms with E-state index in [1.807, 2.05) is 0 Å². The van der Waals surface area contributed by atoms with E-state index in [2.05, 4.69) is 66.1 Å². The lowest BCUT2D eigenvalue weighted by Gasteiger charge is -2.07. The molecule has 0 radical (unpaired) electrons. The Bertz CT molecular complexity index is 798. The molecule has 0 atom stereocenters. The van der Waals surface area contributed by atoms with E-state index in [9.17, 15) is 4.79 Å². The zero-order chi connectivity index (χ0) is 22.6. The number of imidazole rings is 1. The Morgan fingerprint density at radius 2 is 1.52 bits per heavy atom. The lowest BCUT2D eigenvalue weighted by Crippen LogP contribution is -2.34. The number of ether oxygens (including phenoxy) is 2. The molecule has 1 aromatic heterocycles. The maximum atomic E-state index is 10.2. The molecule has 31 heavy (non-hydrogen) atoms. The Labute approximate surface area is 187 Å². The fraction of sp³-hybridized carbons (Fsp3) is 0.680. The van der Waals surface area contributed by atoms with Crippen molar-refractivity contribution in [2.45, 2.75) is 97.6 Å². The predicted molar refractivity (Wildman–Crippen MR) is 124 cm³/mol. The molecule has 6 heteroatoms. The van der Waals surface area contributed by atoms with Crippen molar-refractivity contribution >= 4 is 17.2 Å². The zero-order valence-electron chi connectivity index (χ0n) is 19.8. The highest BCUT2D eigenvalue weighted by Crippen LogP contribution is 2.23. The fourth-order valence-electron chi connectivity index (χ4n) is 3.89. The molecule has 174 valence electrons. The molecule has 1 heterocycles. The number of unbranched alkanes of at least 4 members (excludes halogenated alkanes) is 8. The van der Waals surface area contributed by atoms with E-state index >= 15 is 0 Å². The van der Waals surface area contributed by atoms with Crippen LogP contribution in [-0.4, -0.2) is 29.0 Å². The summed E-state index contributed by atoms with van der Waals surface area (Å²) in [6.07, 6.45) is 11.3. The van der Waals surface area contributed by atoms with Gasteiger partial charge in [-0.15, -0.1) is 0 Å². The Morgan fingerprint density at radius 1 is 0.935 bits per heavy atom. The van der Waals surface area contributed by atoms with Gasteiger partial charge in [-0.2, -0.15) is 0 Å². The average molecular weight is 434 g/mol. The minimum absolute atomic E-state index is 0.323. The first-order valence-corrected chi connectivity index (χ1v) is 11.9. The topological polar surface area (TPSA) is 64.6 Å². The number of aromatic nitrogens is 2. The molecule has 0 aliphatic heterocycles. The highest BCUT2D eigenvalue weighted by molar-refractivity contribution is 5.74. The van der Waals surface area contributed by atoms with E-state index < -0.39 is 6.16 Å². The van der Waals surface area contributed by atoms with Crippen LogP contribution in [0.1, 0.15) is 97.6 Å². The summed E-state index contributed by atoms with van der Waals surface area (Å²) in [7, 11) is 0. The quantitative estimate of drug-likeness (QED) is 0.193. The van der Waals surface area contributed by atoms with Crippen LogP contribution in [0.3, 0.4) is 0 Å². The van der Waals surface area contributed by atoms with Crippen LogP contribution in [0.25, 0.3) is 11.0 Å². The first kappa shape index (κ1) is 25.0. The number of hydrogen-bond acceptors (Lipinski definition) is 3. The van der Waals surface area contributed by atoms with Gasteiger partial charge in [0.1, 0.15) is 5.75 Å². The van der Waals surface area contributed by atoms with Gasteiger partial charge in [-0.25, -0.2) is 13.9 Å². The number of nitrogens with zero attached hydrogens (tertiary/aromatic N) is 2. The first-order chi connectivity index (χ1) is 14.9. The molecule has 0 unspecified atom stereocenters. The second kappa shape index (κ2) is 13.2. The summed E-state index contributed by atoms with van der Waals surface area (Å²) in [4.78, 5) is 10.2. The van der Waals surface area contributed by atoms with Crippen LogP contribution in [0, 0.1) is 0 Å². The summed E-state index contributed by atoms with van der Waals surface area (Å²) >= 11 is 0. The molecule has 2 rings (SSSR count). The molecule has 0 saturated heterocycles. The summed E-state index contributed by atoms with van der Waals surface area (Å²) in [5.41, 5.74) is 2.49. The standard InChI is InChI=1S/C25H40N2O4/c1-20(2)26-19-27(21(3)4)24-18-22(14-15-23(24)26)30-16-12-10-8-6-5-7-9-11-13-17-31-25(28)29/h14-15,18-21H,5-13,16-17H2,1-4H3/p+1. The van der Waals surface area contributed by atoms with Gasteiger partial charge in [-0.05, 0) is 52.7 Å². The number of rotatable bonds is 15. The van der Waals surface area contributed by atoms with Crippen LogP contribution in [0.2, 0.25) is 0 Å². The monoisotopic (exact) mass is 433 g/mol. The van der Waals surface area contributed by atoms with Gasteiger partial charge in [0.2, 0.25) is 6.33 Å². The smallest absolute Gasteiger partial charge is 0.493 e. The molecular weight excluding hydrogens is 392 g/mol. The molecule has 0 saturated carbocycles. The van der Waals surface area contributed by atoms with Crippen molar-refractivity contribution < 1.29 is 23.9 Å². The van der Waals surface area contributed by atoms with E-state index in [-0.39, 0.29) is 0 Å². The Hall–Kier alpha value is -2.24. The van der Waals surface area contributed by atoms with Crippen molar-refractivity contribution in [2.75, 3.05) is 13.2 Å². The van der Waals surface area contributed by atoms with Gasteiger partial charge >= 0.3 is 6.16 Å². The number of benzene rings is 1. The fourth-order valence-corrected chi connectivity index (χ4v) is 3.89. The molecule has 1 aromatic carbocycles. The van der Waals surface area contributed by atoms with Crippen molar-refractivity contribution in [1.82, 2.24) is 4.57 Å². The summed E-state index contributed by atoms with van der Waals surface area (Å²) in [6.45, 7) is 9.94. The van der Waals surface area contributed by atoms with Crippen molar-refractivity contribution in [3.8, 4) is 5.75 Å². The molecule has 0 amide bonds. The van der Waals surface area contributed by atoms with Crippen LogP contribution in [-0.2, 0) is 4.74 Å².